The van der Waals surface area contributed by atoms with Crippen molar-refractivity contribution < 1.29 is 9.26 Å². The Morgan fingerprint density at radius 3 is 3.00 bits per heavy atom. The Hall–Kier alpha value is -1.88. The summed E-state index contributed by atoms with van der Waals surface area (Å²) < 4.78 is 11.1. The third-order valence-corrected chi connectivity index (χ3v) is 3.87. The third kappa shape index (κ3) is 2.29. The molecule has 1 atom stereocenters. The number of rotatable bonds is 4. The number of nitrogens with zero attached hydrogens (tertiary/aromatic N) is 2. The summed E-state index contributed by atoms with van der Waals surface area (Å²) in [6.07, 6.45) is 3.41. The fraction of sp³-hybridized carbons (Fsp3) is 0.467. The molecular weight excluding hydrogens is 254 g/mol. The van der Waals surface area contributed by atoms with Gasteiger partial charge in [-0.25, -0.2) is 0 Å². The SMILES string of the molecule is c1ccc2c(c1)OCCC2c1nc(CNC2CC2)no1. The van der Waals surface area contributed by atoms with Gasteiger partial charge in [0.05, 0.1) is 19.1 Å². The summed E-state index contributed by atoms with van der Waals surface area (Å²) in [6.45, 7) is 1.39. The Morgan fingerprint density at radius 1 is 1.20 bits per heavy atom. The van der Waals surface area contributed by atoms with Crippen molar-refractivity contribution in [1.29, 1.82) is 0 Å². The molecule has 2 heterocycles. The number of hydrogen-bond acceptors (Lipinski definition) is 5. The van der Waals surface area contributed by atoms with Gasteiger partial charge in [0.2, 0.25) is 5.89 Å². The molecule has 0 radical (unpaired) electrons. The molecule has 104 valence electrons. The van der Waals surface area contributed by atoms with Gasteiger partial charge in [-0.05, 0) is 25.3 Å². The molecule has 1 unspecified atom stereocenters. The summed E-state index contributed by atoms with van der Waals surface area (Å²) in [4.78, 5) is 4.54. The molecule has 5 nitrogen and oxygen atoms in total. The smallest absolute Gasteiger partial charge is 0.234 e. The van der Waals surface area contributed by atoms with Crippen LogP contribution in [0.15, 0.2) is 28.8 Å². The zero-order valence-corrected chi connectivity index (χ0v) is 11.2. The summed E-state index contributed by atoms with van der Waals surface area (Å²) in [5, 5.41) is 7.47. The molecule has 2 aromatic rings. The molecule has 1 aliphatic heterocycles. The van der Waals surface area contributed by atoms with Gasteiger partial charge in [-0.3, -0.25) is 0 Å². The largest absolute Gasteiger partial charge is 0.493 e. The van der Waals surface area contributed by atoms with Gasteiger partial charge < -0.3 is 14.6 Å². The number of benzene rings is 1. The number of nitrogens with one attached hydrogen (secondary N) is 1. The van der Waals surface area contributed by atoms with Crippen LogP contribution in [-0.2, 0) is 6.54 Å². The van der Waals surface area contributed by atoms with Gasteiger partial charge in [0.1, 0.15) is 5.75 Å². The van der Waals surface area contributed by atoms with Gasteiger partial charge in [-0.1, -0.05) is 23.4 Å². The first-order valence-corrected chi connectivity index (χ1v) is 7.18. The van der Waals surface area contributed by atoms with Crippen molar-refractivity contribution in [3.63, 3.8) is 0 Å². The minimum atomic E-state index is 0.155. The first-order valence-electron chi connectivity index (χ1n) is 7.18. The molecule has 0 spiro atoms. The summed E-state index contributed by atoms with van der Waals surface area (Å²) in [5.41, 5.74) is 1.14. The van der Waals surface area contributed by atoms with Gasteiger partial charge in [-0.15, -0.1) is 0 Å². The fourth-order valence-corrected chi connectivity index (χ4v) is 2.60. The Kier molecular flexibility index (Phi) is 2.92. The zero-order chi connectivity index (χ0) is 13.4. The van der Waals surface area contributed by atoms with Gasteiger partial charge in [0.15, 0.2) is 5.82 Å². The second-order valence-electron chi connectivity index (χ2n) is 5.43. The van der Waals surface area contributed by atoms with Crippen molar-refractivity contribution in [3.8, 4) is 5.75 Å². The van der Waals surface area contributed by atoms with Crippen LogP contribution in [0.3, 0.4) is 0 Å². The van der Waals surface area contributed by atoms with Crippen LogP contribution in [0.25, 0.3) is 0 Å². The van der Waals surface area contributed by atoms with Gasteiger partial charge in [0, 0.05) is 11.6 Å². The van der Waals surface area contributed by atoms with Crippen LogP contribution in [0, 0.1) is 0 Å². The Morgan fingerprint density at radius 2 is 2.10 bits per heavy atom. The first kappa shape index (κ1) is 11.9. The Balaban J connectivity index is 1.55. The lowest BCUT2D eigenvalue weighted by Crippen LogP contribution is -2.17. The number of ether oxygens (including phenoxy) is 1. The Labute approximate surface area is 117 Å². The molecule has 1 saturated carbocycles. The Bertz CT molecular complexity index is 607. The highest BCUT2D eigenvalue weighted by molar-refractivity contribution is 5.40. The molecule has 20 heavy (non-hydrogen) atoms. The summed E-state index contributed by atoms with van der Waals surface area (Å²) in [7, 11) is 0. The summed E-state index contributed by atoms with van der Waals surface area (Å²) >= 11 is 0. The minimum absolute atomic E-state index is 0.155. The maximum Gasteiger partial charge on any atom is 0.234 e. The van der Waals surface area contributed by atoms with Crippen LogP contribution in [-0.4, -0.2) is 22.8 Å². The molecule has 0 amide bonds. The molecule has 1 aromatic carbocycles. The highest BCUT2D eigenvalue weighted by Gasteiger charge is 2.28. The van der Waals surface area contributed by atoms with E-state index in [0.717, 1.165) is 23.6 Å². The van der Waals surface area contributed by atoms with E-state index in [4.69, 9.17) is 9.26 Å². The number of para-hydroxylation sites is 1. The minimum Gasteiger partial charge on any atom is -0.493 e. The van der Waals surface area contributed by atoms with E-state index in [1.807, 2.05) is 18.2 Å². The normalized spacial score (nSPS) is 21.3. The molecule has 0 saturated heterocycles. The van der Waals surface area contributed by atoms with E-state index in [9.17, 15) is 0 Å². The summed E-state index contributed by atoms with van der Waals surface area (Å²) in [6, 6.07) is 8.73. The second kappa shape index (κ2) is 4.90. The van der Waals surface area contributed by atoms with E-state index in [0.29, 0.717) is 25.1 Å². The summed E-state index contributed by atoms with van der Waals surface area (Å²) in [5.74, 6) is 2.53. The molecule has 1 aromatic heterocycles. The maximum absolute atomic E-state index is 5.67. The van der Waals surface area contributed by atoms with Gasteiger partial charge >= 0.3 is 0 Å². The van der Waals surface area contributed by atoms with E-state index in [-0.39, 0.29) is 5.92 Å². The average molecular weight is 271 g/mol. The molecule has 1 aliphatic carbocycles. The first-order chi connectivity index (χ1) is 9.90. The molecule has 4 rings (SSSR count). The van der Waals surface area contributed by atoms with Gasteiger partial charge in [-0.2, -0.15) is 4.98 Å². The van der Waals surface area contributed by atoms with E-state index in [1.54, 1.807) is 0 Å². The van der Waals surface area contributed by atoms with Crippen LogP contribution in [0.5, 0.6) is 5.75 Å². The lowest BCUT2D eigenvalue weighted by molar-refractivity contribution is 0.256. The van der Waals surface area contributed by atoms with Crippen molar-refractivity contribution in [1.82, 2.24) is 15.5 Å². The molecule has 5 heteroatoms. The zero-order valence-electron chi connectivity index (χ0n) is 11.2. The van der Waals surface area contributed by atoms with E-state index in [1.165, 1.54) is 12.8 Å². The lowest BCUT2D eigenvalue weighted by atomic mass is 9.93. The third-order valence-electron chi connectivity index (χ3n) is 3.87. The number of aromatic nitrogens is 2. The highest BCUT2D eigenvalue weighted by atomic mass is 16.5. The topological polar surface area (TPSA) is 60.2 Å². The van der Waals surface area contributed by atoms with Crippen LogP contribution in [0.4, 0.5) is 0 Å². The van der Waals surface area contributed by atoms with Crippen LogP contribution in [0.2, 0.25) is 0 Å². The van der Waals surface area contributed by atoms with E-state index < -0.39 is 0 Å². The van der Waals surface area contributed by atoms with Crippen molar-refractivity contribution in [2.75, 3.05) is 6.61 Å². The highest BCUT2D eigenvalue weighted by Crippen LogP contribution is 2.37. The monoisotopic (exact) mass is 271 g/mol. The second-order valence-corrected chi connectivity index (χ2v) is 5.43. The number of hydrogen-bond donors (Lipinski definition) is 1. The van der Waals surface area contributed by atoms with E-state index in [2.05, 4.69) is 21.5 Å². The number of fused-ring (bicyclic) bond motifs is 1. The molecular formula is C15H17N3O2. The van der Waals surface area contributed by atoms with Crippen LogP contribution >= 0.6 is 0 Å². The maximum atomic E-state index is 5.67. The van der Waals surface area contributed by atoms with E-state index >= 15 is 0 Å². The molecule has 2 aliphatic rings. The average Bonchev–Trinajstić information content (AvgIpc) is 3.21. The van der Waals surface area contributed by atoms with Crippen molar-refractivity contribution in [2.45, 2.75) is 37.8 Å². The molecule has 1 fully saturated rings. The van der Waals surface area contributed by atoms with Crippen molar-refractivity contribution >= 4 is 0 Å². The van der Waals surface area contributed by atoms with Crippen molar-refractivity contribution in [3.05, 3.63) is 41.5 Å². The quantitative estimate of drug-likeness (QED) is 0.924. The van der Waals surface area contributed by atoms with Gasteiger partial charge in [0.25, 0.3) is 0 Å². The molecule has 1 N–H and O–H groups in total. The van der Waals surface area contributed by atoms with Crippen LogP contribution in [0.1, 0.15) is 42.5 Å². The predicted octanol–water partition coefficient (Wildman–Crippen LogP) is 2.24. The lowest BCUT2D eigenvalue weighted by Gasteiger charge is -2.22. The fourth-order valence-electron chi connectivity index (χ4n) is 2.60. The molecule has 0 bridgehead atoms. The standard InChI is InChI=1S/C15H17N3O2/c1-2-4-13-11(3-1)12(7-8-19-13)15-17-14(18-20-15)9-16-10-5-6-10/h1-4,10,12,16H,5-9H2. The van der Waals surface area contributed by atoms with Crippen LogP contribution < -0.4 is 10.1 Å². The van der Waals surface area contributed by atoms with Crippen molar-refractivity contribution in [2.24, 2.45) is 0 Å². The predicted molar refractivity (Wildman–Crippen MR) is 72.6 cm³/mol.